The number of hydrogen-bond donors (Lipinski definition) is 2. The minimum absolute atomic E-state index is 0.415. The van der Waals surface area contributed by atoms with Crippen LogP contribution in [0.15, 0.2) is 48.5 Å². The van der Waals surface area contributed by atoms with Crippen molar-refractivity contribution in [2.75, 3.05) is 11.9 Å². The summed E-state index contributed by atoms with van der Waals surface area (Å²) in [6.07, 6.45) is 4.78. The molecular weight excluding hydrogens is 282 g/mol. The van der Waals surface area contributed by atoms with Crippen molar-refractivity contribution in [2.45, 2.75) is 31.7 Å². The molecule has 1 fully saturated rings. The second-order valence-corrected chi connectivity index (χ2v) is 6.43. The van der Waals surface area contributed by atoms with Crippen molar-refractivity contribution in [2.24, 2.45) is 11.7 Å². The van der Waals surface area contributed by atoms with Crippen LogP contribution in [0.4, 0.5) is 5.69 Å². The van der Waals surface area contributed by atoms with Gasteiger partial charge in [-0.1, -0.05) is 24.3 Å². The maximum absolute atomic E-state index is 8.85. The van der Waals surface area contributed by atoms with E-state index >= 15 is 0 Å². The van der Waals surface area contributed by atoms with Gasteiger partial charge in [0.25, 0.3) is 0 Å². The normalized spacial score (nSPS) is 20.7. The maximum Gasteiger partial charge on any atom is 0.0991 e. The summed E-state index contributed by atoms with van der Waals surface area (Å²) in [6.45, 7) is 1.03. The molecule has 0 aromatic heterocycles. The van der Waals surface area contributed by atoms with Crippen LogP contribution in [0.1, 0.15) is 31.2 Å². The molecule has 0 bridgehead atoms. The van der Waals surface area contributed by atoms with E-state index < -0.39 is 0 Å². The van der Waals surface area contributed by atoms with Crippen molar-refractivity contribution in [3.05, 3.63) is 54.1 Å². The van der Waals surface area contributed by atoms with Gasteiger partial charge in [0.2, 0.25) is 0 Å². The first kappa shape index (κ1) is 15.6. The van der Waals surface area contributed by atoms with Crippen molar-refractivity contribution in [1.29, 1.82) is 5.26 Å². The van der Waals surface area contributed by atoms with Crippen LogP contribution in [0.2, 0.25) is 0 Å². The number of nitriles is 1. The lowest BCUT2D eigenvalue weighted by molar-refractivity contribution is 0.339. The fourth-order valence-electron chi connectivity index (χ4n) is 3.17. The first-order valence-corrected chi connectivity index (χ1v) is 8.34. The molecule has 3 rings (SSSR count). The predicted octanol–water partition coefficient (Wildman–Crippen LogP) is 4.15. The molecule has 0 radical (unpaired) electrons. The number of anilines is 1. The highest BCUT2D eigenvalue weighted by atomic mass is 14.9. The van der Waals surface area contributed by atoms with Crippen molar-refractivity contribution in [3.8, 4) is 17.2 Å². The third-order valence-electron chi connectivity index (χ3n) is 4.72. The van der Waals surface area contributed by atoms with Crippen LogP contribution in [0.3, 0.4) is 0 Å². The second-order valence-electron chi connectivity index (χ2n) is 6.43. The zero-order valence-corrected chi connectivity index (χ0v) is 13.3. The number of benzene rings is 2. The molecule has 3 heteroatoms. The summed E-state index contributed by atoms with van der Waals surface area (Å²) in [5.74, 6) is 0.744. The number of nitrogens with one attached hydrogen (secondary N) is 1. The molecule has 1 saturated carbocycles. The molecule has 23 heavy (non-hydrogen) atoms. The van der Waals surface area contributed by atoms with Gasteiger partial charge in [0.1, 0.15) is 0 Å². The second kappa shape index (κ2) is 7.30. The molecule has 3 N–H and O–H groups in total. The van der Waals surface area contributed by atoms with E-state index in [-0.39, 0.29) is 0 Å². The summed E-state index contributed by atoms with van der Waals surface area (Å²) < 4.78 is 0. The lowest BCUT2D eigenvalue weighted by Crippen LogP contribution is -2.29. The standard InChI is InChI=1S/C20H23N3/c21-13-15-1-5-17(6-2-15)18-7-11-20(12-8-18)23-14-16-3-9-19(22)10-4-16/h1-2,5-8,11-12,16,19,23H,3-4,9-10,14,22H2/t16-,19-. The lowest BCUT2D eigenvalue weighted by atomic mass is 9.86. The molecule has 0 atom stereocenters. The fraction of sp³-hybridized carbons (Fsp3) is 0.350. The van der Waals surface area contributed by atoms with E-state index in [9.17, 15) is 0 Å². The van der Waals surface area contributed by atoms with E-state index in [0.717, 1.165) is 36.6 Å². The fourth-order valence-corrected chi connectivity index (χ4v) is 3.17. The summed E-state index contributed by atoms with van der Waals surface area (Å²) in [7, 11) is 0. The Kier molecular flexibility index (Phi) is 4.95. The molecule has 0 amide bonds. The van der Waals surface area contributed by atoms with Gasteiger partial charge in [-0.2, -0.15) is 5.26 Å². The average Bonchev–Trinajstić information content (AvgIpc) is 2.62. The van der Waals surface area contributed by atoms with Gasteiger partial charge in [0, 0.05) is 18.3 Å². The third kappa shape index (κ3) is 4.12. The topological polar surface area (TPSA) is 61.8 Å². The molecular formula is C20H23N3. The predicted molar refractivity (Wildman–Crippen MR) is 95.0 cm³/mol. The largest absolute Gasteiger partial charge is 0.385 e. The lowest BCUT2D eigenvalue weighted by Gasteiger charge is -2.26. The Morgan fingerprint density at radius 1 is 0.913 bits per heavy atom. The Labute approximate surface area is 138 Å². The van der Waals surface area contributed by atoms with Crippen LogP contribution in [-0.4, -0.2) is 12.6 Å². The van der Waals surface area contributed by atoms with Crippen molar-refractivity contribution in [1.82, 2.24) is 0 Å². The molecule has 118 valence electrons. The van der Waals surface area contributed by atoms with Gasteiger partial charge in [-0.3, -0.25) is 0 Å². The molecule has 0 spiro atoms. The van der Waals surface area contributed by atoms with E-state index in [1.165, 1.54) is 18.4 Å². The van der Waals surface area contributed by atoms with Crippen LogP contribution >= 0.6 is 0 Å². The van der Waals surface area contributed by atoms with Gasteiger partial charge in [0.15, 0.2) is 0 Å². The zero-order chi connectivity index (χ0) is 16.1. The zero-order valence-electron chi connectivity index (χ0n) is 13.3. The minimum atomic E-state index is 0.415. The van der Waals surface area contributed by atoms with Crippen LogP contribution < -0.4 is 11.1 Å². The third-order valence-corrected chi connectivity index (χ3v) is 4.72. The van der Waals surface area contributed by atoms with E-state index in [2.05, 4.69) is 35.7 Å². The first-order chi connectivity index (χ1) is 11.2. The summed E-state index contributed by atoms with van der Waals surface area (Å²) in [5.41, 5.74) is 10.1. The number of nitrogens with two attached hydrogens (primary N) is 1. The Balaban J connectivity index is 1.57. The maximum atomic E-state index is 8.85. The number of rotatable bonds is 4. The molecule has 1 aliphatic carbocycles. The van der Waals surface area contributed by atoms with E-state index in [4.69, 9.17) is 11.0 Å². The molecule has 0 heterocycles. The molecule has 2 aromatic carbocycles. The Morgan fingerprint density at radius 2 is 1.48 bits per heavy atom. The van der Waals surface area contributed by atoms with Gasteiger partial charge in [-0.15, -0.1) is 0 Å². The molecule has 3 nitrogen and oxygen atoms in total. The van der Waals surface area contributed by atoms with Gasteiger partial charge >= 0.3 is 0 Å². The molecule has 0 unspecified atom stereocenters. The van der Waals surface area contributed by atoms with Crippen LogP contribution in [0.5, 0.6) is 0 Å². The van der Waals surface area contributed by atoms with Gasteiger partial charge in [0.05, 0.1) is 11.6 Å². The molecule has 2 aromatic rings. The monoisotopic (exact) mass is 305 g/mol. The molecule has 0 saturated heterocycles. The highest BCUT2D eigenvalue weighted by Crippen LogP contribution is 2.25. The summed E-state index contributed by atoms with van der Waals surface area (Å²) in [5, 5.41) is 12.4. The van der Waals surface area contributed by atoms with Crippen LogP contribution in [0, 0.1) is 17.2 Å². The quantitative estimate of drug-likeness (QED) is 0.891. The summed E-state index contributed by atoms with van der Waals surface area (Å²) >= 11 is 0. The average molecular weight is 305 g/mol. The van der Waals surface area contributed by atoms with E-state index in [1.807, 2.05) is 24.3 Å². The van der Waals surface area contributed by atoms with Gasteiger partial charge < -0.3 is 11.1 Å². The Hall–Kier alpha value is -2.31. The smallest absolute Gasteiger partial charge is 0.0991 e. The highest BCUT2D eigenvalue weighted by molar-refractivity contribution is 5.66. The first-order valence-electron chi connectivity index (χ1n) is 8.34. The van der Waals surface area contributed by atoms with Crippen molar-refractivity contribution < 1.29 is 0 Å². The van der Waals surface area contributed by atoms with Crippen LogP contribution in [-0.2, 0) is 0 Å². The van der Waals surface area contributed by atoms with E-state index in [1.54, 1.807) is 0 Å². The Bertz CT molecular complexity index is 660. The minimum Gasteiger partial charge on any atom is -0.385 e. The Morgan fingerprint density at radius 3 is 2.04 bits per heavy atom. The summed E-state index contributed by atoms with van der Waals surface area (Å²) in [6, 6.07) is 18.8. The van der Waals surface area contributed by atoms with Crippen molar-refractivity contribution in [3.63, 3.8) is 0 Å². The van der Waals surface area contributed by atoms with E-state index in [0.29, 0.717) is 11.6 Å². The van der Waals surface area contributed by atoms with Crippen molar-refractivity contribution >= 4 is 5.69 Å². The SMILES string of the molecule is N#Cc1ccc(-c2ccc(NC[C@H]3CC[C@H](N)CC3)cc2)cc1. The number of hydrogen-bond acceptors (Lipinski definition) is 3. The van der Waals surface area contributed by atoms with Gasteiger partial charge in [-0.25, -0.2) is 0 Å². The highest BCUT2D eigenvalue weighted by Gasteiger charge is 2.17. The number of nitrogens with zero attached hydrogens (tertiary/aromatic N) is 1. The van der Waals surface area contributed by atoms with Crippen LogP contribution in [0.25, 0.3) is 11.1 Å². The molecule has 0 aliphatic heterocycles. The van der Waals surface area contributed by atoms with Gasteiger partial charge in [-0.05, 0) is 67.0 Å². The molecule has 1 aliphatic rings. The summed E-state index contributed by atoms with van der Waals surface area (Å²) in [4.78, 5) is 0.